The minimum Gasteiger partial charge on any atom is -0.318 e. The largest absolute Gasteiger partial charge is 0.318 e. The number of nitrogens with zero attached hydrogens (tertiary/aromatic N) is 1. The van der Waals surface area contributed by atoms with Gasteiger partial charge < -0.3 is 10.6 Å². The van der Waals surface area contributed by atoms with E-state index in [0.717, 1.165) is 5.56 Å². The van der Waals surface area contributed by atoms with Crippen LogP contribution in [0.25, 0.3) is 0 Å². The Hall–Kier alpha value is -0.940. The van der Waals surface area contributed by atoms with Crippen LogP contribution in [-0.4, -0.2) is 18.5 Å². The molecule has 5 heteroatoms. The number of anilines is 1. The summed E-state index contributed by atoms with van der Waals surface area (Å²) in [4.78, 5) is 12.9. The third-order valence-corrected chi connectivity index (χ3v) is 3.10. The molecule has 1 unspecified atom stereocenters. The van der Waals surface area contributed by atoms with Gasteiger partial charge in [0.05, 0.1) is 11.0 Å². The van der Waals surface area contributed by atoms with Gasteiger partial charge >= 0.3 is 0 Å². The van der Waals surface area contributed by atoms with Crippen LogP contribution in [0.5, 0.6) is 0 Å². The molecule has 1 fully saturated rings. The molecule has 2 rings (SSSR count). The molecule has 1 aromatic rings. The minimum absolute atomic E-state index is 0.153. The standard InChI is InChI=1S/C10H10BrFN2O/c1-5-2-6(11)7(12)3-9(5)14-4-8(13)10(14)15/h2-3,8H,4,13H2,1H3. The van der Waals surface area contributed by atoms with Crippen LogP contribution in [0.2, 0.25) is 0 Å². The third-order valence-electron chi connectivity index (χ3n) is 2.49. The Kier molecular flexibility index (Phi) is 2.52. The molecule has 0 aliphatic carbocycles. The van der Waals surface area contributed by atoms with Crippen LogP contribution in [0.15, 0.2) is 16.6 Å². The first kappa shape index (κ1) is 10.6. The van der Waals surface area contributed by atoms with E-state index in [-0.39, 0.29) is 11.7 Å². The van der Waals surface area contributed by atoms with Crippen LogP contribution < -0.4 is 10.6 Å². The predicted molar refractivity (Wildman–Crippen MR) is 59.2 cm³/mol. The summed E-state index contributed by atoms with van der Waals surface area (Å²) in [6, 6.07) is 2.57. The summed E-state index contributed by atoms with van der Waals surface area (Å²) in [6.45, 7) is 2.29. The highest BCUT2D eigenvalue weighted by molar-refractivity contribution is 9.10. The Morgan fingerprint density at radius 3 is 2.80 bits per heavy atom. The Morgan fingerprint density at radius 2 is 2.27 bits per heavy atom. The maximum Gasteiger partial charge on any atom is 0.245 e. The first-order valence-corrected chi connectivity index (χ1v) is 5.32. The summed E-state index contributed by atoms with van der Waals surface area (Å²) in [5, 5.41) is 0. The quantitative estimate of drug-likeness (QED) is 0.789. The number of β-lactam (4-membered cyclic amide) rings is 1. The smallest absolute Gasteiger partial charge is 0.245 e. The van der Waals surface area contributed by atoms with Crippen molar-refractivity contribution in [3.8, 4) is 0 Å². The van der Waals surface area contributed by atoms with Gasteiger partial charge in [0.1, 0.15) is 11.9 Å². The van der Waals surface area contributed by atoms with Gasteiger partial charge in [-0.3, -0.25) is 4.79 Å². The van der Waals surface area contributed by atoms with Crippen molar-refractivity contribution in [2.75, 3.05) is 11.4 Å². The lowest BCUT2D eigenvalue weighted by molar-refractivity contribution is -0.123. The van der Waals surface area contributed by atoms with E-state index in [1.54, 1.807) is 6.07 Å². The minimum atomic E-state index is -0.434. The van der Waals surface area contributed by atoms with Crippen molar-refractivity contribution in [1.29, 1.82) is 0 Å². The fraction of sp³-hybridized carbons (Fsp3) is 0.300. The summed E-state index contributed by atoms with van der Waals surface area (Å²) in [5.41, 5.74) is 6.92. The number of nitrogens with two attached hydrogens (primary N) is 1. The first-order chi connectivity index (χ1) is 7.00. The van der Waals surface area contributed by atoms with E-state index < -0.39 is 6.04 Å². The van der Waals surface area contributed by atoms with Crippen LogP contribution in [0.3, 0.4) is 0 Å². The molecule has 0 aromatic heterocycles. The topological polar surface area (TPSA) is 46.3 Å². The van der Waals surface area contributed by atoms with Crippen molar-refractivity contribution in [2.24, 2.45) is 5.73 Å². The SMILES string of the molecule is Cc1cc(Br)c(F)cc1N1CC(N)C1=O. The molecule has 1 heterocycles. The number of rotatable bonds is 1. The summed E-state index contributed by atoms with van der Waals surface area (Å²) in [6.07, 6.45) is 0. The number of carbonyl (C=O) groups excluding carboxylic acids is 1. The molecule has 2 N–H and O–H groups in total. The van der Waals surface area contributed by atoms with E-state index in [0.29, 0.717) is 16.7 Å². The molecule has 0 bridgehead atoms. The summed E-state index contributed by atoms with van der Waals surface area (Å²) in [7, 11) is 0. The highest BCUT2D eigenvalue weighted by Gasteiger charge is 2.35. The zero-order valence-corrected chi connectivity index (χ0v) is 9.71. The fourth-order valence-electron chi connectivity index (χ4n) is 1.60. The van der Waals surface area contributed by atoms with E-state index in [9.17, 15) is 9.18 Å². The lowest BCUT2D eigenvalue weighted by atomic mass is 10.0. The lowest BCUT2D eigenvalue weighted by Gasteiger charge is -2.37. The highest BCUT2D eigenvalue weighted by atomic mass is 79.9. The van der Waals surface area contributed by atoms with Gasteiger partial charge in [-0.25, -0.2) is 4.39 Å². The summed E-state index contributed by atoms with van der Waals surface area (Å²) in [5.74, 6) is -0.524. The van der Waals surface area contributed by atoms with Gasteiger partial charge in [0.25, 0.3) is 0 Å². The van der Waals surface area contributed by atoms with Crippen LogP contribution in [-0.2, 0) is 4.79 Å². The number of hydrogen-bond acceptors (Lipinski definition) is 2. The molecule has 3 nitrogen and oxygen atoms in total. The molecule has 0 spiro atoms. The van der Waals surface area contributed by atoms with E-state index in [1.165, 1.54) is 11.0 Å². The zero-order chi connectivity index (χ0) is 11.2. The van der Waals surface area contributed by atoms with Gasteiger partial charge in [0, 0.05) is 5.69 Å². The molecule has 1 saturated heterocycles. The number of halogens is 2. The van der Waals surface area contributed by atoms with Gasteiger partial charge in [-0.1, -0.05) is 0 Å². The lowest BCUT2D eigenvalue weighted by Crippen LogP contribution is -2.61. The van der Waals surface area contributed by atoms with Crippen molar-refractivity contribution in [3.05, 3.63) is 28.0 Å². The molecule has 1 amide bonds. The molecule has 1 atom stereocenters. The molecular weight excluding hydrogens is 263 g/mol. The van der Waals surface area contributed by atoms with Gasteiger partial charge in [-0.05, 0) is 40.5 Å². The number of aryl methyl sites for hydroxylation is 1. The van der Waals surface area contributed by atoms with E-state index in [4.69, 9.17) is 5.73 Å². The van der Waals surface area contributed by atoms with Crippen molar-refractivity contribution in [3.63, 3.8) is 0 Å². The second-order valence-corrected chi connectivity index (χ2v) is 4.46. The van der Waals surface area contributed by atoms with Crippen LogP contribution >= 0.6 is 15.9 Å². The Balaban J connectivity index is 2.37. The van der Waals surface area contributed by atoms with E-state index >= 15 is 0 Å². The second-order valence-electron chi connectivity index (χ2n) is 3.61. The molecule has 0 saturated carbocycles. The number of amides is 1. The molecule has 1 aliphatic rings. The number of hydrogen-bond donors (Lipinski definition) is 1. The van der Waals surface area contributed by atoms with Crippen molar-refractivity contribution in [1.82, 2.24) is 0 Å². The maximum atomic E-state index is 13.3. The fourth-order valence-corrected chi connectivity index (χ4v) is 2.05. The third kappa shape index (κ3) is 1.66. The molecule has 1 aromatic carbocycles. The van der Waals surface area contributed by atoms with Gasteiger partial charge in [0.2, 0.25) is 5.91 Å². The predicted octanol–water partition coefficient (Wildman–Crippen LogP) is 1.57. The number of carbonyl (C=O) groups is 1. The normalized spacial score (nSPS) is 20.4. The highest BCUT2D eigenvalue weighted by Crippen LogP contribution is 2.29. The van der Waals surface area contributed by atoms with E-state index in [1.807, 2.05) is 6.92 Å². The molecular formula is C10H10BrFN2O. The average Bonchev–Trinajstić information content (AvgIpc) is 2.20. The molecule has 0 radical (unpaired) electrons. The van der Waals surface area contributed by atoms with Gasteiger partial charge in [0.15, 0.2) is 0 Å². The Bertz CT molecular complexity index is 436. The van der Waals surface area contributed by atoms with Crippen molar-refractivity contribution in [2.45, 2.75) is 13.0 Å². The Morgan fingerprint density at radius 1 is 1.60 bits per heavy atom. The van der Waals surface area contributed by atoms with Gasteiger partial charge in [-0.15, -0.1) is 0 Å². The molecule has 1 aliphatic heterocycles. The average molecular weight is 273 g/mol. The van der Waals surface area contributed by atoms with Crippen LogP contribution in [0.4, 0.5) is 10.1 Å². The maximum absolute atomic E-state index is 13.3. The molecule has 15 heavy (non-hydrogen) atoms. The summed E-state index contributed by atoms with van der Waals surface area (Å²) < 4.78 is 13.7. The van der Waals surface area contributed by atoms with Crippen molar-refractivity contribution < 1.29 is 9.18 Å². The van der Waals surface area contributed by atoms with Crippen LogP contribution in [0.1, 0.15) is 5.56 Å². The van der Waals surface area contributed by atoms with Crippen LogP contribution in [0, 0.1) is 12.7 Å². The van der Waals surface area contributed by atoms with Crippen molar-refractivity contribution >= 4 is 27.5 Å². The zero-order valence-electron chi connectivity index (χ0n) is 8.13. The summed E-state index contributed by atoms with van der Waals surface area (Å²) >= 11 is 3.09. The molecule has 80 valence electrons. The number of benzene rings is 1. The van der Waals surface area contributed by atoms with Gasteiger partial charge in [-0.2, -0.15) is 0 Å². The first-order valence-electron chi connectivity index (χ1n) is 4.53. The monoisotopic (exact) mass is 272 g/mol. The Labute approximate surface area is 95.2 Å². The second kappa shape index (κ2) is 3.57. The van der Waals surface area contributed by atoms with E-state index in [2.05, 4.69) is 15.9 Å².